The van der Waals surface area contributed by atoms with Crippen LogP contribution >= 0.6 is 0 Å². The van der Waals surface area contributed by atoms with Crippen LogP contribution in [0.2, 0.25) is 0 Å². The lowest BCUT2D eigenvalue weighted by Gasteiger charge is -2.16. The summed E-state index contributed by atoms with van der Waals surface area (Å²) in [5, 5.41) is 4.17. The first-order chi connectivity index (χ1) is 13.0. The summed E-state index contributed by atoms with van der Waals surface area (Å²) in [6, 6.07) is 14.3. The molecule has 0 radical (unpaired) electrons. The third-order valence-corrected chi connectivity index (χ3v) is 5.21. The first-order valence-corrected chi connectivity index (χ1v) is 9.35. The molecule has 5 nitrogen and oxygen atoms in total. The second-order valence-electron chi connectivity index (χ2n) is 7.20. The second kappa shape index (κ2) is 6.99. The minimum atomic E-state index is -0.0500. The Balaban J connectivity index is 1.56. The minimum absolute atomic E-state index is 0.0500. The zero-order valence-corrected chi connectivity index (χ0v) is 15.9. The minimum Gasteiger partial charge on any atom is -0.334 e. The third kappa shape index (κ3) is 3.37. The fourth-order valence-electron chi connectivity index (χ4n) is 3.52. The molecule has 0 N–H and O–H groups in total. The van der Waals surface area contributed by atoms with Gasteiger partial charge in [0.15, 0.2) is 5.82 Å². The maximum Gasteiger partial charge on any atom is 0.258 e. The van der Waals surface area contributed by atoms with Crippen LogP contribution in [-0.2, 0) is 11.2 Å². The first-order valence-electron chi connectivity index (χ1n) is 9.35. The molecule has 0 spiro atoms. The summed E-state index contributed by atoms with van der Waals surface area (Å²) in [7, 11) is 0. The molecule has 1 amide bonds. The summed E-state index contributed by atoms with van der Waals surface area (Å²) in [4.78, 5) is 18.9. The Hall–Kier alpha value is -2.95. The van der Waals surface area contributed by atoms with Crippen LogP contribution in [0.4, 0.5) is 5.69 Å². The van der Waals surface area contributed by atoms with E-state index in [4.69, 9.17) is 4.52 Å². The third-order valence-electron chi connectivity index (χ3n) is 5.21. The summed E-state index contributed by atoms with van der Waals surface area (Å²) in [5.74, 6) is 1.17. The molecule has 1 aliphatic rings. The van der Waals surface area contributed by atoms with Crippen LogP contribution in [0.3, 0.4) is 0 Å². The first kappa shape index (κ1) is 17.5. The van der Waals surface area contributed by atoms with E-state index in [2.05, 4.69) is 41.3 Å². The van der Waals surface area contributed by atoms with Crippen molar-refractivity contribution in [2.75, 3.05) is 11.4 Å². The fraction of sp³-hybridized carbons (Fsp3) is 0.318. The van der Waals surface area contributed by atoms with E-state index in [0.29, 0.717) is 24.7 Å². The molecule has 5 heteroatoms. The lowest BCUT2D eigenvalue weighted by atomic mass is 10.1. The average molecular weight is 361 g/mol. The predicted octanol–water partition coefficient (Wildman–Crippen LogP) is 4.44. The molecule has 4 rings (SSSR count). The molecule has 1 atom stereocenters. The Bertz CT molecular complexity index is 975. The summed E-state index contributed by atoms with van der Waals surface area (Å²) in [6.45, 7) is 6.77. The van der Waals surface area contributed by atoms with Crippen molar-refractivity contribution >= 4 is 11.6 Å². The zero-order chi connectivity index (χ0) is 19.0. The number of hydrogen-bond donors (Lipinski definition) is 0. The van der Waals surface area contributed by atoms with Crippen molar-refractivity contribution in [3.8, 4) is 11.5 Å². The monoisotopic (exact) mass is 361 g/mol. The molecular weight excluding hydrogens is 338 g/mol. The predicted molar refractivity (Wildman–Crippen MR) is 105 cm³/mol. The largest absolute Gasteiger partial charge is 0.334 e. The van der Waals surface area contributed by atoms with Gasteiger partial charge in [0.25, 0.3) is 5.89 Å². The molecule has 0 aliphatic carbocycles. The van der Waals surface area contributed by atoms with Gasteiger partial charge in [-0.2, -0.15) is 4.98 Å². The Morgan fingerprint density at radius 1 is 1.15 bits per heavy atom. The quantitative estimate of drug-likeness (QED) is 0.689. The Labute approximate surface area is 159 Å². The topological polar surface area (TPSA) is 59.2 Å². The Kier molecular flexibility index (Phi) is 4.52. The number of rotatable bonds is 4. The molecule has 1 saturated heterocycles. The number of anilines is 1. The SMILES string of the molecule is CCc1ccc(N2C[C@H](c3noc(-c4cc(C)ccc4C)n3)CC2=O)cc1. The molecular formula is C22H23N3O2. The van der Waals surface area contributed by atoms with Gasteiger partial charge in [-0.05, 0) is 49.6 Å². The van der Waals surface area contributed by atoms with E-state index in [1.807, 2.05) is 36.9 Å². The van der Waals surface area contributed by atoms with Gasteiger partial charge in [0, 0.05) is 30.1 Å². The molecule has 0 bridgehead atoms. The zero-order valence-electron chi connectivity index (χ0n) is 15.9. The second-order valence-corrected chi connectivity index (χ2v) is 7.20. The summed E-state index contributed by atoms with van der Waals surface area (Å²) in [5.41, 5.74) is 5.38. The maximum absolute atomic E-state index is 12.5. The molecule has 27 heavy (non-hydrogen) atoms. The van der Waals surface area contributed by atoms with Gasteiger partial charge in [0.2, 0.25) is 5.91 Å². The van der Waals surface area contributed by atoms with Crippen LogP contribution in [0, 0.1) is 13.8 Å². The lowest BCUT2D eigenvalue weighted by molar-refractivity contribution is -0.117. The molecule has 1 aliphatic heterocycles. The van der Waals surface area contributed by atoms with Crippen molar-refractivity contribution in [3.05, 3.63) is 65.0 Å². The summed E-state index contributed by atoms with van der Waals surface area (Å²) >= 11 is 0. The number of carbonyl (C=O) groups excluding carboxylic acids is 1. The van der Waals surface area contributed by atoms with E-state index < -0.39 is 0 Å². The molecule has 2 aromatic carbocycles. The van der Waals surface area contributed by atoms with Crippen LogP contribution in [-0.4, -0.2) is 22.6 Å². The van der Waals surface area contributed by atoms with Crippen molar-refractivity contribution in [3.63, 3.8) is 0 Å². The van der Waals surface area contributed by atoms with E-state index >= 15 is 0 Å². The number of aromatic nitrogens is 2. The molecule has 2 heterocycles. The number of nitrogens with zero attached hydrogens (tertiary/aromatic N) is 3. The van der Waals surface area contributed by atoms with Crippen LogP contribution in [0.25, 0.3) is 11.5 Å². The number of carbonyl (C=O) groups is 1. The van der Waals surface area contributed by atoms with Crippen molar-refractivity contribution in [1.29, 1.82) is 0 Å². The number of aryl methyl sites for hydroxylation is 3. The normalized spacial score (nSPS) is 16.9. The van der Waals surface area contributed by atoms with E-state index in [-0.39, 0.29) is 11.8 Å². The highest BCUT2D eigenvalue weighted by molar-refractivity contribution is 5.96. The highest BCUT2D eigenvalue weighted by Crippen LogP contribution is 2.32. The summed E-state index contributed by atoms with van der Waals surface area (Å²) < 4.78 is 5.51. The van der Waals surface area contributed by atoms with Crippen molar-refractivity contribution in [1.82, 2.24) is 10.1 Å². The number of benzene rings is 2. The standard InChI is InChI=1S/C22H23N3O2/c1-4-16-7-9-18(10-8-16)25-13-17(12-20(25)26)21-23-22(27-24-21)19-11-14(2)5-6-15(19)3/h5-11,17H,4,12-13H2,1-3H3/t17-/m1/s1. The Morgan fingerprint density at radius 2 is 1.93 bits per heavy atom. The lowest BCUT2D eigenvalue weighted by Crippen LogP contribution is -2.24. The fourth-order valence-corrected chi connectivity index (χ4v) is 3.52. The molecule has 3 aromatic rings. The van der Waals surface area contributed by atoms with Crippen molar-refractivity contribution in [2.45, 2.75) is 39.5 Å². The molecule has 1 fully saturated rings. The van der Waals surface area contributed by atoms with Gasteiger partial charge >= 0.3 is 0 Å². The smallest absolute Gasteiger partial charge is 0.258 e. The van der Waals surface area contributed by atoms with Gasteiger partial charge < -0.3 is 9.42 Å². The van der Waals surface area contributed by atoms with Crippen LogP contribution in [0.1, 0.15) is 41.8 Å². The molecule has 0 unspecified atom stereocenters. The van der Waals surface area contributed by atoms with Crippen LogP contribution < -0.4 is 4.90 Å². The van der Waals surface area contributed by atoms with E-state index in [0.717, 1.165) is 28.8 Å². The molecule has 0 saturated carbocycles. The van der Waals surface area contributed by atoms with Gasteiger partial charge in [-0.3, -0.25) is 4.79 Å². The van der Waals surface area contributed by atoms with Crippen LogP contribution in [0.15, 0.2) is 47.0 Å². The van der Waals surface area contributed by atoms with E-state index in [1.165, 1.54) is 5.56 Å². The average Bonchev–Trinajstić information content (AvgIpc) is 3.31. The van der Waals surface area contributed by atoms with Crippen molar-refractivity contribution in [2.24, 2.45) is 0 Å². The van der Waals surface area contributed by atoms with E-state index in [1.54, 1.807) is 0 Å². The van der Waals surface area contributed by atoms with Gasteiger partial charge in [-0.25, -0.2) is 0 Å². The van der Waals surface area contributed by atoms with Gasteiger partial charge in [-0.15, -0.1) is 0 Å². The van der Waals surface area contributed by atoms with Gasteiger partial charge in [-0.1, -0.05) is 41.9 Å². The molecule has 1 aromatic heterocycles. The van der Waals surface area contributed by atoms with E-state index in [9.17, 15) is 4.79 Å². The number of amides is 1. The summed E-state index contributed by atoms with van der Waals surface area (Å²) in [6.07, 6.45) is 1.39. The van der Waals surface area contributed by atoms with Crippen LogP contribution in [0.5, 0.6) is 0 Å². The highest BCUT2D eigenvalue weighted by atomic mass is 16.5. The Morgan fingerprint density at radius 3 is 2.67 bits per heavy atom. The molecule has 138 valence electrons. The highest BCUT2D eigenvalue weighted by Gasteiger charge is 2.34. The van der Waals surface area contributed by atoms with Crippen molar-refractivity contribution < 1.29 is 9.32 Å². The van der Waals surface area contributed by atoms with Gasteiger partial charge in [0.1, 0.15) is 0 Å². The maximum atomic E-state index is 12.5. The van der Waals surface area contributed by atoms with Gasteiger partial charge in [0.05, 0.1) is 0 Å². The number of hydrogen-bond acceptors (Lipinski definition) is 4.